The van der Waals surface area contributed by atoms with Gasteiger partial charge in [-0.2, -0.15) is 5.10 Å². The Kier molecular flexibility index (Phi) is 2.14. The minimum atomic E-state index is 0.676. The highest BCUT2D eigenvalue weighted by molar-refractivity contribution is 5.81. The normalized spacial score (nSPS) is 18.3. The molecule has 1 aliphatic rings. The molecule has 0 amide bonds. The summed E-state index contributed by atoms with van der Waals surface area (Å²) in [5, 5.41) is 6.20. The first kappa shape index (κ1) is 7.38. The predicted octanol–water partition coefficient (Wildman–Crippen LogP) is 0.620. The van der Waals surface area contributed by atoms with Crippen molar-refractivity contribution >= 4 is 5.84 Å². The van der Waals surface area contributed by atoms with E-state index in [1.54, 1.807) is 0 Å². The number of rotatable bonds is 2. The van der Waals surface area contributed by atoms with Crippen LogP contribution in [0.3, 0.4) is 0 Å². The van der Waals surface area contributed by atoms with Crippen LogP contribution in [0, 0.1) is 5.92 Å². The van der Waals surface area contributed by atoms with Crippen LogP contribution in [0.5, 0.6) is 0 Å². The van der Waals surface area contributed by atoms with E-state index >= 15 is 0 Å². The van der Waals surface area contributed by atoms with Gasteiger partial charge in [0.25, 0.3) is 0 Å². The zero-order valence-electron chi connectivity index (χ0n) is 6.67. The van der Waals surface area contributed by atoms with Gasteiger partial charge in [0.15, 0.2) is 0 Å². The Hall–Kier alpha value is -0.730. The monoisotopic (exact) mass is 141 g/mol. The molecule has 0 unspecified atom stereocenters. The van der Waals surface area contributed by atoms with Crippen molar-refractivity contribution < 1.29 is 0 Å². The predicted molar refractivity (Wildman–Crippen MR) is 42.7 cm³/mol. The molecule has 0 bridgehead atoms. The van der Waals surface area contributed by atoms with Crippen LogP contribution in [0.2, 0.25) is 0 Å². The highest BCUT2D eigenvalue weighted by Gasteiger charge is 2.11. The lowest BCUT2D eigenvalue weighted by Gasteiger charge is -2.14. The van der Waals surface area contributed by atoms with Gasteiger partial charge in [-0.25, -0.2) is 0 Å². The Morgan fingerprint density at radius 2 is 2.40 bits per heavy atom. The van der Waals surface area contributed by atoms with Gasteiger partial charge in [0.05, 0.1) is 0 Å². The molecule has 3 heteroatoms. The number of nitrogens with two attached hydrogens (primary N) is 1. The van der Waals surface area contributed by atoms with Gasteiger partial charge in [-0.15, -0.1) is 0 Å². The van der Waals surface area contributed by atoms with Crippen LogP contribution in [0.1, 0.15) is 20.3 Å². The fourth-order valence-electron chi connectivity index (χ4n) is 1.08. The molecule has 1 heterocycles. The summed E-state index contributed by atoms with van der Waals surface area (Å²) in [6.07, 6.45) is 0.937. The third-order valence-electron chi connectivity index (χ3n) is 1.47. The summed E-state index contributed by atoms with van der Waals surface area (Å²) in [7, 11) is 0. The molecule has 0 aromatic heterocycles. The quantitative estimate of drug-likeness (QED) is 0.612. The maximum atomic E-state index is 5.51. The van der Waals surface area contributed by atoms with E-state index in [0.29, 0.717) is 5.92 Å². The second-order valence-corrected chi connectivity index (χ2v) is 3.15. The molecule has 1 aliphatic heterocycles. The lowest BCUT2D eigenvalue weighted by Crippen LogP contribution is -2.19. The van der Waals surface area contributed by atoms with Crippen molar-refractivity contribution in [1.29, 1.82) is 0 Å². The van der Waals surface area contributed by atoms with E-state index < -0.39 is 0 Å². The minimum absolute atomic E-state index is 0.676. The number of amidine groups is 1. The highest BCUT2D eigenvalue weighted by Crippen LogP contribution is 2.05. The molecule has 0 fully saturated rings. The molecule has 2 N–H and O–H groups in total. The van der Waals surface area contributed by atoms with Crippen LogP contribution < -0.4 is 5.73 Å². The molecule has 0 saturated carbocycles. The zero-order valence-corrected chi connectivity index (χ0v) is 6.67. The molecule has 0 radical (unpaired) electrons. The summed E-state index contributed by atoms with van der Waals surface area (Å²) in [6.45, 7) is 6.40. The fourth-order valence-corrected chi connectivity index (χ4v) is 1.08. The first-order valence-corrected chi connectivity index (χ1v) is 3.76. The molecular formula is C7H15N3. The van der Waals surface area contributed by atoms with Crippen molar-refractivity contribution in [3.63, 3.8) is 0 Å². The van der Waals surface area contributed by atoms with Crippen LogP contribution in [-0.4, -0.2) is 23.9 Å². The van der Waals surface area contributed by atoms with Crippen LogP contribution in [0.15, 0.2) is 5.10 Å². The number of hydrazone groups is 1. The topological polar surface area (TPSA) is 41.6 Å². The smallest absolute Gasteiger partial charge is 0.121 e. The van der Waals surface area contributed by atoms with Gasteiger partial charge >= 0.3 is 0 Å². The first-order valence-electron chi connectivity index (χ1n) is 3.76. The summed E-state index contributed by atoms with van der Waals surface area (Å²) in [5.41, 5.74) is 5.51. The molecule has 0 aromatic carbocycles. The van der Waals surface area contributed by atoms with E-state index in [1.165, 1.54) is 0 Å². The van der Waals surface area contributed by atoms with Gasteiger partial charge in [0.1, 0.15) is 5.84 Å². The third kappa shape index (κ3) is 1.90. The summed E-state index contributed by atoms with van der Waals surface area (Å²) < 4.78 is 0. The van der Waals surface area contributed by atoms with Crippen LogP contribution in [-0.2, 0) is 0 Å². The molecular weight excluding hydrogens is 126 g/mol. The van der Waals surface area contributed by atoms with Gasteiger partial charge in [0.2, 0.25) is 0 Å². The van der Waals surface area contributed by atoms with E-state index in [-0.39, 0.29) is 0 Å². The zero-order chi connectivity index (χ0) is 7.56. The van der Waals surface area contributed by atoms with Crippen molar-refractivity contribution in [3.05, 3.63) is 0 Å². The molecule has 1 rings (SSSR count). The van der Waals surface area contributed by atoms with Crippen molar-refractivity contribution in [2.75, 3.05) is 13.1 Å². The van der Waals surface area contributed by atoms with E-state index in [4.69, 9.17) is 5.73 Å². The second-order valence-electron chi connectivity index (χ2n) is 3.15. The Labute approximate surface area is 61.9 Å². The maximum Gasteiger partial charge on any atom is 0.121 e. The van der Waals surface area contributed by atoms with Crippen LogP contribution in [0.25, 0.3) is 0 Å². The molecule has 0 aromatic rings. The molecule has 0 aliphatic carbocycles. The average molecular weight is 141 g/mol. The van der Waals surface area contributed by atoms with Crippen LogP contribution >= 0.6 is 0 Å². The minimum Gasteiger partial charge on any atom is -0.386 e. The van der Waals surface area contributed by atoms with E-state index in [1.807, 2.05) is 5.01 Å². The number of hydrogen-bond acceptors (Lipinski definition) is 3. The first-order chi connectivity index (χ1) is 4.68. The van der Waals surface area contributed by atoms with Gasteiger partial charge < -0.3 is 5.73 Å². The van der Waals surface area contributed by atoms with Gasteiger partial charge in [-0.05, 0) is 5.92 Å². The molecule has 3 nitrogen and oxygen atoms in total. The van der Waals surface area contributed by atoms with Crippen molar-refractivity contribution in [2.24, 2.45) is 16.8 Å². The number of hydrogen-bond donors (Lipinski definition) is 1. The van der Waals surface area contributed by atoms with Gasteiger partial charge in [-0.3, -0.25) is 5.01 Å². The molecule has 10 heavy (non-hydrogen) atoms. The second kappa shape index (κ2) is 2.90. The van der Waals surface area contributed by atoms with E-state index in [0.717, 1.165) is 25.3 Å². The number of nitrogens with zero attached hydrogens (tertiary/aromatic N) is 2. The van der Waals surface area contributed by atoms with Gasteiger partial charge in [-0.1, -0.05) is 13.8 Å². The largest absolute Gasteiger partial charge is 0.386 e. The van der Waals surface area contributed by atoms with E-state index in [9.17, 15) is 0 Å². The average Bonchev–Trinajstić information content (AvgIpc) is 2.13. The van der Waals surface area contributed by atoms with E-state index in [2.05, 4.69) is 18.9 Å². The molecule has 0 atom stereocenters. The van der Waals surface area contributed by atoms with Crippen molar-refractivity contribution in [1.82, 2.24) is 5.01 Å². The van der Waals surface area contributed by atoms with Crippen molar-refractivity contribution in [2.45, 2.75) is 20.3 Å². The van der Waals surface area contributed by atoms with Crippen molar-refractivity contribution in [3.8, 4) is 0 Å². The third-order valence-corrected chi connectivity index (χ3v) is 1.47. The fraction of sp³-hybridized carbons (Fsp3) is 0.857. The highest BCUT2D eigenvalue weighted by atomic mass is 15.5. The summed E-state index contributed by atoms with van der Waals surface area (Å²) in [4.78, 5) is 0. The molecule has 0 saturated heterocycles. The maximum absolute atomic E-state index is 5.51. The Morgan fingerprint density at radius 1 is 1.70 bits per heavy atom. The summed E-state index contributed by atoms with van der Waals surface area (Å²) in [5.74, 6) is 1.45. The lowest BCUT2D eigenvalue weighted by atomic mass is 10.2. The Morgan fingerprint density at radius 3 is 2.80 bits per heavy atom. The van der Waals surface area contributed by atoms with Gasteiger partial charge in [0, 0.05) is 19.5 Å². The standard InChI is InChI=1S/C7H15N3/c1-6(2)5-10-4-3-7(8)9-10/h6H,3-5H2,1-2H3,(H2,8,9). The molecule has 58 valence electrons. The molecule has 0 spiro atoms. The van der Waals surface area contributed by atoms with Crippen LogP contribution in [0.4, 0.5) is 0 Å². The lowest BCUT2D eigenvalue weighted by molar-refractivity contribution is 0.281. The summed E-state index contributed by atoms with van der Waals surface area (Å²) >= 11 is 0. The summed E-state index contributed by atoms with van der Waals surface area (Å²) in [6, 6.07) is 0. The Balaban J connectivity index is 2.31. The Bertz CT molecular complexity index is 140. The SMILES string of the molecule is CC(C)CN1CCC(N)=N1.